The monoisotopic (exact) mass is 196 g/mol. The maximum Gasteiger partial charge on any atom is 0.242 e. The fourth-order valence-corrected chi connectivity index (χ4v) is 1.40. The van der Waals surface area contributed by atoms with Crippen molar-refractivity contribution in [2.24, 2.45) is 5.73 Å². The van der Waals surface area contributed by atoms with Gasteiger partial charge in [-0.25, -0.2) is 0 Å². The molecule has 2 N–H and O–H groups in total. The van der Waals surface area contributed by atoms with Crippen LogP contribution >= 0.6 is 0 Å². The average molecular weight is 196 g/mol. The van der Waals surface area contributed by atoms with E-state index in [2.05, 4.69) is 6.58 Å². The highest BCUT2D eigenvalue weighted by Crippen LogP contribution is 2.28. The van der Waals surface area contributed by atoms with E-state index in [0.29, 0.717) is 19.0 Å². The number of hydrogen-bond donors (Lipinski definition) is 1. The van der Waals surface area contributed by atoms with E-state index in [9.17, 15) is 4.79 Å². The van der Waals surface area contributed by atoms with Gasteiger partial charge in [0.25, 0.3) is 0 Å². The normalized spacial score (nSPS) is 19.9. The molecule has 1 aliphatic rings. The Morgan fingerprint density at radius 2 is 2.29 bits per heavy atom. The van der Waals surface area contributed by atoms with Gasteiger partial charge in [0.15, 0.2) is 0 Å². The number of carbonyl (C=O) groups excluding carboxylic acids is 1. The summed E-state index contributed by atoms with van der Waals surface area (Å²) >= 11 is 0. The molecule has 0 aliphatic heterocycles. The van der Waals surface area contributed by atoms with Gasteiger partial charge in [-0.15, -0.1) is 6.58 Å². The summed E-state index contributed by atoms with van der Waals surface area (Å²) in [7, 11) is 0. The lowest BCUT2D eigenvalue weighted by Gasteiger charge is -2.30. The molecule has 1 atom stereocenters. The van der Waals surface area contributed by atoms with Gasteiger partial charge in [-0.1, -0.05) is 13.0 Å². The van der Waals surface area contributed by atoms with Crippen LogP contribution in [0.4, 0.5) is 0 Å². The smallest absolute Gasteiger partial charge is 0.242 e. The van der Waals surface area contributed by atoms with Crippen LogP contribution < -0.4 is 5.73 Å². The second kappa shape index (κ2) is 4.13. The van der Waals surface area contributed by atoms with Gasteiger partial charge in [-0.05, 0) is 26.2 Å². The van der Waals surface area contributed by atoms with Crippen molar-refractivity contribution in [1.82, 2.24) is 4.90 Å². The van der Waals surface area contributed by atoms with Crippen molar-refractivity contribution in [1.29, 1.82) is 0 Å². The van der Waals surface area contributed by atoms with Crippen molar-refractivity contribution in [2.45, 2.75) is 44.7 Å². The Hall–Kier alpha value is -0.830. The van der Waals surface area contributed by atoms with Crippen LogP contribution in [0.25, 0.3) is 0 Å². The Kier molecular flexibility index (Phi) is 3.32. The number of nitrogens with zero attached hydrogens (tertiary/aromatic N) is 1. The van der Waals surface area contributed by atoms with Gasteiger partial charge >= 0.3 is 0 Å². The summed E-state index contributed by atoms with van der Waals surface area (Å²) in [6.45, 7) is 8.03. The van der Waals surface area contributed by atoms with E-state index < -0.39 is 5.54 Å². The molecule has 0 heterocycles. The number of hydrogen-bond acceptors (Lipinski definition) is 2. The molecule has 1 rings (SSSR count). The van der Waals surface area contributed by atoms with Crippen molar-refractivity contribution >= 4 is 5.91 Å². The second-order valence-corrected chi connectivity index (χ2v) is 4.25. The Labute approximate surface area is 86.0 Å². The third kappa shape index (κ3) is 2.35. The largest absolute Gasteiger partial charge is 0.334 e. The van der Waals surface area contributed by atoms with Crippen LogP contribution in [0.3, 0.4) is 0 Å². The Bertz CT molecular complexity index is 231. The summed E-state index contributed by atoms with van der Waals surface area (Å²) in [5.74, 6) is 0.0578. The summed E-state index contributed by atoms with van der Waals surface area (Å²) in [4.78, 5) is 13.9. The first-order valence-electron chi connectivity index (χ1n) is 5.23. The molecule has 80 valence electrons. The van der Waals surface area contributed by atoms with Gasteiger partial charge in [-0.2, -0.15) is 0 Å². The number of nitrogens with two attached hydrogens (primary N) is 1. The van der Waals surface area contributed by atoms with Crippen molar-refractivity contribution in [3.8, 4) is 0 Å². The molecule has 0 radical (unpaired) electrons. The van der Waals surface area contributed by atoms with Crippen LogP contribution in [0, 0.1) is 0 Å². The fourth-order valence-electron chi connectivity index (χ4n) is 1.40. The van der Waals surface area contributed by atoms with Crippen molar-refractivity contribution < 1.29 is 4.79 Å². The van der Waals surface area contributed by atoms with Crippen molar-refractivity contribution in [2.75, 3.05) is 6.54 Å². The van der Waals surface area contributed by atoms with E-state index in [4.69, 9.17) is 5.73 Å². The molecule has 1 aliphatic carbocycles. The third-order valence-corrected chi connectivity index (χ3v) is 2.80. The lowest BCUT2D eigenvalue weighted by atomic mass is 9.98. The molecule has 1 unspecified atom stereocenters. The molecule has 3 nitrogen and oxygen atoms in total. The lowest BCUT2D eigenvalue weighted by molar-refractivity contribution is -0.136. The highest BCUT2D eigenvalue weighted by molar-refractivity contribution is 5.86. The van der Waals surface area contributed by atoms with E-state index >= 15 is 0 Å². The van der Waals surface area contributed by atoms with E-state index in [1.807, 2.05) is 11.8 Å². The molecule has 1 fully saturated rings. The summed E-state index contributed by atoms with van der Waals surface area (Å²) in [6.07, 6.45) is 4.66. The van der Waals surface area contributed by atoms with E-state index in [1.165, 1.54) is 0 Å². The highest BCUT2D eigenvalue weighted by Gasteiger charge is 2.38. The van der Waals surface area contributed by atoms with Crippen molar-refractivity contribution in [3.05, 3.63) is 12.7 Å². The van der Waals surface area contributed by atoms with Crippen LogP contribution in [0.15, 0.2) is 12.7 Å². The predicted octanol–water partition coefficient (Wildman–Crippen LogP) is 1.29. The first-order chi connectivity index (χ1) is 6.53. The first kappa shape index (κ1) is 11.2. The quantitative estimate of drug-likeness (QED) is 0.673. The predicted molar refractivity (Wildman–Crippen MR) is 57.8 cm³/mol. The molecule has 0 spiro atoms. The molecule has 0 aromatic carbocycles. The maximum atomic E-state index is 12.0. The average Bonchev–Trinajstić information content (AvgIpc) is 2.96. The summed E-state index contributed by atoms with van der Waals surface area (Å²) in [5.41, 5.74) is 5.21. The van der Waals surface area contributed by atoms with E-state index in [0.717, 1.165) is 12.8 Å². The zero-order valence-corrected chi connectivity index (χ0v) is 9.12. The van der Waals surface area contributed by atoms with Gasteiger partial charge in [-0.3, -0.25) is 4.79 Å². The summed E-state index contributed by atoms with van der Waals surface area (Å²) in [5, 5.41) is 0. The number of amides is 1. The van der Waals surface area contributed by atoms with Crippen molar-refractivity contribution in [3.63, 3.8) is 0 Å². The molecule has 3 heteroatoms. The number of carbonyl (C=O) groups is 1. The van der Waals surface area contributed by atoms with Gasteiger partial charge in [0, 0.05) is 12.6 Å². The molecule has 1 saturated carbocycles. The van der Waals surface area contributed by atoms with Crippen LogP contribution in [0.1, 0.15) is 33.1 Å². The standard InChI is InChI=1S/C11H20N2O/c1-4-8-13(9-6-7-9)10(14)11(3,12)5-2/h4,9H,1,5-8,12H2,2-3H3. The van der Waals surface area contributed by atoms with Crippen LogP contribution in [0.2, 0.25) is 0 Å². The van der Waals surface area contributed by atoms with Crippen LogP contribution in [-0.2, 0) is 4.79 Å². The SMILES string of the molecule is C=CCN(C(=O)C(C)(N)CC)C1CC1. The summed E-state index contributed by atoms with van der Waals surface area (Å²) in [6, 6.07) is 0.412. The minimum absolute atomic E-state index is 0.0578. The molecule has 0 aromatic heterocycles. The Morgan fingerprint density at radius 3 is 2.64 bits per heavy atom. The molecular formula is C11H20N2O. The topological polar surface area (TPSA) is 46.3 Å². The fraction of sp³-hybridized carbons (Fsp3) is 0.727. The summed E-state index contributed by atoms with van der Waals surface area (Å²) < 4.78 is 0. The third-order valence-electron chi connectivity index (χ3n) is 2.80. The zero-order chi connectivity index (χ0) is 10.8. The van der Waals surface area contributed by atoms with E-state index in [1.54, 1.807) is 13.0 Å². The highest BCUT2D eigenvalue weighted by atomic mass is 16.2. The van der Waals surface area contributed by atoms with Gasteiger partial charge in [0.2, 0.25) is 5.91 Å². The molecule has 0 saturated heterocycles. The second-order valence-electron chi connectivity index (χ2n) is 4.25. The zero-order valence-electron chi connectivity index (χ0n) is 9.12. The maximum absolute atomic E-state index is 12.0. The molecule has 0 aromatic rings. The lowest BCUT2D eigenvalue weighted by Crippen LogP contribution is -2.53. The molecular weight excluding hydrogens is 176 g/mol. The van der Waals surface area contributed by atoms with E-state index in [-0.39, 0.29) is 5.91 Å². The molecule has 1 amide bonds. The van der Waals surface area contributed by atoms with Crippen LogP contribution in [0.5, 0.6) is 0 Å². The van der Waals surface area contributed by atoms with Gasteiger partial charge < -0.3 is 10.6 Å². The Balaban J connectivity index is 2.67. The molecule has 14 heavy (non-hydrogen) atoms. The van der Waals surface area contributed by atoms with Gasteiger partial charge in [0.05, 0.1) is 5.54 Å². The Morgan fingerprint density at radius 1 is 1.71 bits per heavy atom. The minimum Gasteiger partial charge on any atom is -0.334 e. The molecule has 0 bridgehead atoms. The van der Waals surface area contributed by atoms with Gasteiger partial charge in [0.1, 0.15) is 0 Å². The number of rotatable bonds is 5. The van der Waals surface area contributed by atoms with Crippen LogP contribution in [-0.4, -0.2) is 28.9 Å². The minimum atomic E-state index is -0.717. The first-order valence-corrected chi connectivity index (χ1v) is 5.23.